The number of carbonyl (C=O) groups is 1. The molecule has 0 aliphatic heterocycles. The van der Waals surface area contributed by atoms with Gasteiger partial charge < -0.3 is 11.1 Å². The van der Waals surface area contributed by atoms with E-state index in [4.69, 9.17) is 28.9 Å². The second kappa shape index (κ2) is 8.02. The van der Waals surface area contributed by atoms with Gasteiger partial charge in [-0.05, 0) is 42.9 Å². The Bertz CT molecular complexity index is 463. The molecule has 0 saturated heterocycles. The van der Waals surface area contributed by atoms with Crippen LogP contribution in [0.15, 0.2) is 18.2 Å². The number of anilines is 1. The van der Waals surface area contributed by atoms with Gasteiger partial charge in [-0.3, -0.25) is 4.79 Å². The fraction of sp³-hybridized carbons (Fsp3) is 0.562. The zero-order valence-electron chi connectivity index (χ0n) is 12.9. The quantitative estimate of drug-likeness (QED) is 0.792. The minimum absolute atomic E-state index is 0.0729. The van der Waals surface area contributed by atoms with Crippen molar-refractivity contribution in [3.63, 3.8) is 0 Å². The molecule has 1 aromatic carbocycles. The maximum atomic E-state index is 12.1. The summed E-state index contributed by atoms with van der Waals surface area (Å²) in [5, 5.41) is 3.69. The largest absolute Gasteiger partial charge is 0.330 e. The monoisotopic (exact) mass is 330 g/mol. The average Bonchev–Trinajstić information content (AvgIpc) is 2.37. The summed E-state index contributed by atoms with van der Waals surface area (Å²) >= 11 is 12.1. The van der Waals surface area contributed by atoms with Gasteiger partial charge in [0.05, 0.1) is 15.7 Å². The number of carbonyl (C=O) groups excluding carboxylic acids is 1. The minimum atomic E-state index is -0.0729. The summed E-state index contributed by atoms with van der Waals surface area (Å²) in [7, 11) is 0. The van der Waals surface area contributed by atoms with Gasteiger partial charge in [-0.15, -0.1) is 0 Å². The van der Waals surface area contributed by atoms with Crippen molar-refractivity contribution in [2.24, 2.45) is 17.1 Å². The predicted octanol–water partition coefficient (Wildman–Crippen LogP) is 4.72. The van der Waals surface area contributed by atoms with E-state index < -0.39 is 0 Å². The molecular weight excluding hydrogens is 307 g/mol. The van der Waals surface area contributed by atoms with Gasteiger partial charge in [-0.1, -0.05) is 50.0 Å². The van der Waals surface area contributed by atoms with Crippen LogP contribution in [-0.2, 0) is 4.79 Å². The summed E-state index contributed by atoms with van der Waals surface area (Å²) in [6, 6.07) is 5.15. The highest BCUT2D eigenvalue weighted by Crippen LogP contribution is 2.33. The van der Waals surface area contributed by atoms with Gasteiger partial charge in [0, 0.05) is 6.42 Å². The van der Waals surface area contributed by atoms with E-state index in [1.807, 2.05) is 0 Å². The van der Waals surface area contributed by atoms with Crippen molar-refractivity contribution in [2.75, 3.05) is 11.9 Å². The summed E-state index contributed by atoms with van der Waals surface area (Å²) in [6.45, 7) is 7.17. The molecule has 21 heavy (non-hydrogen) atoms. The van der Waals surface area contributed by atoms with Gasteiger partial charge in [-0.25, -0.2) is 0 Å². The third-order valence-electron chi connectivity index (χ3n) is 3.69. The Morgan fingerprint density at radius 2 is 1.81 bits per heavy atom. The smallest absolute Gasteiger partial charge is 0.224 e. The molecular formula is C16H24Cl2N2O. The molecule has 0 bridgehead atoms. The number of amides is 1. The number of hydrogen-bond donors (Lipinski definition) is 2. The van der Waals surface area contributed by atoms with Crippen molar-refractivity contribution in [1.29, 1.82) is 0 Å². The summed E-state index contributed by atoms with van der Waals surface area (Å²) in [5.74, 6) is 0.339. The van der Waals surface area contributed by atoms with E-state index in [1.165, 1.54) is 0 Å². The van der Waals surface area contributed by atoms with Crippen LogP contribution in [-0.4, -0.2) is 12.5 Å². The zero-order valence-corrected chi connectivity index (χ0v) is 14.4. The van der Waals surface area contributed by atoms with Crippen LogP contribution in [0.2, 0.25) is 10.0 Å². The number of halogens is 2. The first-order chi connectivity index (χ1) is 9.75. The Balaban J connectivity index is 2.61. The second-order valence-electron chi connectivity index (χ2n) is 6.32. The standard InChI is InChI=1S/C16H24Cl2N2O/c1-16(2,3)11(9-10-19)7-8-14(21)20-15-12(17)5-4-6-13(15)18/h4-6,11H,7-10,19H2,1-3H3,(H,20,21). The molecule has 1 aromatic rings. The number of nitrogens with one attached hydrogen (secondary N) is 1. The van der Waals surface area contributed by atoms with Crippen LogP contribution in [0, 0.1) is 11.3 Å². The van der Waals surface area contributed by atoms with Gasteiger partial charge in [0.2, 0.25) is 5.91 Å². The molecule has 0 radical (unpaired) electrons. The Labute approximate surface area is 137 Å². The normalized spacial score (nSPS) is 13.0. The van der Waals surface area contributed by atoms with Crippen molar-refractivity contribution in [3.8, 4) is 0 Å². The lowest BCUT2D eigenvalue weighted by Crippen LogP contribution is -2.25. The van der Waals surface area contributed by atoms with Crippen LogP contribution in [0.1, 0.15) is 40.0 Å². The van der Waals surface area contributed by atoms with Crippen molar-refractivity contribution in [3.05, 3.63) is 28.2 Å². The number of rotatable bonds is 6. The third kappa shape index (κ3) is 5.85. The van der Waals surface area contributed by atoms with Gasteiger partial charge in [0.25, 0.3) is 0 Å². The molecule has 0 fully saturated rings. The molecule has 1 unspecified atom stereocenters. The van der Waals surface area contributed by atoms with Gasteiger partial charge >= 0.3 is 0 Å². The van der Waals surface area contributed by atoms with E-state index in [9.17, 15) is 4.79 Å². The molecule has 1 amide bonds. The molecule has 3 nitrogen and oxygen atoms in total. The van der Waals surface area contributed by atoms with Gasteiger partial charge in [0.15, 0.2) is 0 Å². The van der Waals surface area contributed by atoms with Crippen LogP contribution in [0.4, 0.5) is 5.69 Å². The Morgan fingerprint density at radius 3 is 2.29 bits per heavy atom. The first kappa shape index (κ1) is 18.3. The minimum Gasteiger partial charge on any atom is -0.330 e. The maximum Gasteiger partial charge on any atom is 0.224 e. The highest BCUT2D eigenvalue weighted by Gasteiger charge is 2.24. The molecule has 1 atom stereocenters. The molecule has 0 aliphatic rings. The first-order valence-corrected chi connectivity index (χ1v) is 7.95. The molecule has 1 rings (SSSR count). The molecule has 0 heterocycles. The maximum absolute atomic E-state index is 12.1. The zero-order chi connectivity index (χ0) is 16.0. The van der Waals surface area contributed by atoms with Crippen LogP contribution in [0.25, 0.3) is 0 Å². The molecule has 118 valence electrons. The lowest BCUT2D eigenvalue weighted by atomic mass is 9.76. The Kier molecular flexibility index (Phi) is 6.98. The Hall–Kier alpha value is -0.770. The van der Waals surface area contributed by atoms with Crippen LogP contribution >= 0.6 is 23.2 Å². The lowest BCUT2D eigenvalue weighted by molar-refractivity contribution is -0.116. The molecule has 5 heteroatoms. The van der Waals surface area contributed by atoms with E-state index in [2.05, 4.69) is 26.1 Å². The first-order valence-electron chi connectivity index (χ1n) is 7.19. The SMILES string of the molecule is CC(C)(C)C(CCN)CCC(=O)Nc1c(Cl)cccc1Cl. The van der Waals surface area contributed by atoms with Crippen molar-refractivity contribution < 1.29 is 4.79 Å². The van der Waals surface area contributed by atoms with Gasteiger partial charge in [-0.2, -0.15) is 0 Å². The summed E-state index contributed by atoms with van der Waals surface area (Å²) in [6.07, 6.45) is 2.15. The van der Waals surface area contributed by atoms with Crippen LogP contribution in [0.5, 0.6) is 0 Å². The number of hydrogen-bond acceptors (Lipinski definition) is 2. The van der Waals surface area contributed by atoms with Gasteiger partial charge in [0.1, 0.15) is 0 Å². The summed E-state index contributed by atoms with van der Waals surface area (Å²) in [5.41, 5.74) is 6.28. The number of nitrogens with two attached hydrogens (primary N) is 1. The lowest BCUT2D eigenvalue weighted by Gasteiger charge is -2.30. The molecule has 0 aromatic heterocycles. The van der Waals surface area contributed by atoms with Crippen molar-refractivity contribution in [2.45, 2.75) is 40.0 Å². The summed E-state index contributed by atoms with van der Waals surface area (Å²) < 4.78 is 0. The van der Waals surface area contributed by atoms with Crippen LogP contribution < -0.4 is 11.1 Å². The third-order valence-corrected chi connectivity index (χ3v) is 4.32. The van der Waals surface area contributed by atoms with E-state index in [1.54, 1.807) is 18.2 Å². The highest BCUT2D eigenvalue weighted by atomic mass is 35.5. The highest BCUT2D eigenvalue weighted by molar-refractivity contribution is 6.39. The van der Waals surface area contributed by atoms with Crippen LogP contribution in [0.3, 0.4) is 0 Å². The van der Waals surface area contributed by atoms with Crippen molar-refractivity contribution >= 4 is 34.8 Å². The van der Waals surface area contributed by atoms with E-state index in [0.717, 1.165) is 12.8 Å². The topological polar surface area (TPSA) is 55.1 Å². The molecule has 0 saturated carbocycles. The Morgan fingerprint density at radius 1 is 1.24 bits per heavy atom. The summed E-state index contributed by atoms with van der Waals surface area (Å²) in [4.78, 5) is 12.1. The molecule has 0 aliphatic carbocycles. The van der Waals surface area contributed by atoms with E-state index in [0.29, 0.717) is 34.6 Å². The average molecular weight is 331 g/mol. The van der Waals surface area contributed by atoms with Crippen molar-refractivity contribution in [1.82, 2.24) is 0 Å². The van der Waals surface area contributed by atoms with E-state index >= 15 is 0 Å². The van der Waals surface area contributed by atoms with E-state index in [-0.39, 0.29) is 11.3 Å². The second-order valence-corrected chi connectivity index (χ2v) is 7.14. The predicted molar refractivity (Wildman–Crippen MR) is 90.9 cm³/mol. The fourth-order valence-electron chi connectivity index (χ4n) is 2.34. The fourth-order valence-corrected chi connectivity index (χ4v) is 2.83. The molecule has 0 spiro atoms. The number of para-hydroxylation sites is 1. The molecule has 3 N–H and O–H groups in total. The number of benzene rings is 1.